The van der Waals surface area contributed by atoms with Crippen LogP contribution in [0.5, 0.6) is 5.75 Å². The van der Waals surface area contributed by atoms with Crippen molar-refractivity contribution in [2.75, 3.05) is 0 Å². The number of hydrogen-bond donors (Lipinski definition) is 1. The monoisotopic (exact) mass is 318 g/mol. The maximum absolute atomic E-state index is 13.8. The van der Waals surface area contributed by atoms with E-state index in [1.54, 1.807) is 6.07 Å². The third-order valence-electron chi connectivity index (χ3n) is 3.82. The average Bonchev–Trinajstić information content (AvgIpc) is 3.07. The number of aromatic nitrogens is 2. The highest BCUT2D eigenvalue weighted by Crippen LogP contribution is 2.25. The van der Waals surface area contributed by atoms with Gasteiger partial charge in [-0.15, -0.1) is 0 Å². The molecule has 0 saturated heterocycles. The highest BCUT2D eigenvalue weighted by Gasteiger charge is 2.09. The topological polar surface area (TPSA) is 37.9 Å². The van der Waals surface area contributed by atoms with Crippen molar-refractivity contribution in [3.8, 4) is 17.1 Å². The molecule has 0 radical (unpaired) electrons. The Labute approximate surface area is 138 Å². The molecule has 4 rings (SSSR count). The lowest BCUT2D eigenvalue weighted by atomic mass is 10.2. The van der Waals surface area contributed by atoms with Crippen LogP contribution in [-0.2, 0) is 6.61 Å². The van der Waals surface area contributed by atoms with E-state index in [2.05, 4.69) is 9.97 Å². The van der Waals surface area contributed by atoms with Gasteiger partial charge in [0.05, 0.1) is 5.52 Å². The molecule has 4 heteroatoms. The minimum absolute atomic E-state index is 0.327. The third kappa shape index (κ3) is 2.86. The van der Waals surface area contributed by atoms with Gasteiger partial charge in [-0.3, -0.25) is 0 Å². The first-order valence-electron chi connectivity index (χ1n) is 7.71. The van der Waals surface area contributed by atoms with Crippen LogP contribution in [0.4, 0.5) is 4.39 Å². The number of aromatic amines is 1. The Bertz CT molecular complexity index is 979. The first kappa shape index (κ1) is 14.5. The lowest BCUT2D eigenvalue weighted by Crippen LogP contribution is -1.95. The number of halogens is 1. The second kappa shape index (κ2) is 6.16. The van der Waals surface area contributed by atoms with Gasteiger partial charge < -0.3 is 9.72 Å². The van der Waals surface area contributed by atoms with Gasteiger partial charge in [0.1, 0.15) is 23.7 Å². The normalized spacial score (nSPS) is 10.9. The summed E-state index contributed by atoms with van der Waals surface area (Å²) in [6, 6.07) is 22.5. The Morgan fingerprint density at radius 3 is 2.58 bits per heavy atom. The smallest absolute Gasteiger partial charge is 0.151 e. The summed E-state index contributed by atoms with van der Waals surface area (Å²) in [6.07, 6.45) is 0. The maximum Gasteiger partial charge on any atom is 0.151 e. The minimum atomic E-state index is -0.327. The quantitative estimate of drug-likeness (QED) is 0.578. The van der Waals surface area contributed by atoms with Crippen LogP contribution >= 0.6 is 0 Å². The number of fused-ring (bicyclic) bond motifs is 1. The molecule has 0 aliphatic heterocycles. The summed E-state index contributed by atoms with van der Waals surface area (Å²) in [5.74, 6) is 1.05. The van der Waals surface area contributed by atoms with E-state index in [9.17, 15) is 4.39 Å². The summed E-state index contributed by atoms with van der Waals surface area (Å²) < 4.78 is 19.6. The molecular weight excluding hydrogens is 303 g/mol. The number of hydrogen-bond acceptors (Lipinski definition) is 2. The summed E-state index contributed by atoms with van der Waals surface area (Å²) in [6.45, 7) is 0.499. The number of nitrogens with zero attached hydrogens (tertiary/aromatic N) is 1. The van der Waals surface area contributed by atoms with Gasteiger partial charge in [-0.1, -0.05) is 48.5 Å². The highest BCUT2D eigenvalue weighted by atomic mass is 19.1. The van der Waals surface area contributed by atoms with Crippen LogP contribution in [0, 0.1) is 5.82 Å². The van der Waals surface area contributed by atoms with Gasteiger partial charge in [-0.25, -0.2) is 9.37 Å². The Morgan fingerprint density at radius 1 is 0.917 bits per heavy atom. The van der Waals surface area contributed by atoms with Gasteiger partial charge in [-0.05, 0) is 29.8 Å². The first-order valence-corrected chi connectivity index (χ1v) is 7.71. The molecule has 0 aliphatic rings. The zero-order valence-corrected chi connectivity index (χ0v) is 12.9. The van der Waals surface area contributed by atoms with Crippen LogP contribution in [0.1, 0.15) is 5.56 Å². The second-order valence-corrected chi connectivity index (χ2v) is 5.52. The molecule has 1 aromatic heterocycles. The van der Waals surface area contributed by atoms with Crippen molar-refractivity contribution >= 4 is 11.0 Å². The Hall–Kier alpha value is -3.14. The molecule has 0 bridgehead atoms. The molecule has 0 fully saturated rings. The van der Waals surface area contributed by atoms with Gasteiger partial charge in [0, 0.05) is 5.56 Å². The third-order valence-corrected chi connectivity index (χ3v) is 3.82. The van der Waals surface area contributed by atoms with Gasteiger partial charge in [0.2, 0.25) is 0 Å². The fourth-order valence-electron chi connectivity index (χ4n) is 2.61. The van der Waals surface area contributed by atoms with Crippen LogP contribution in [0.3, 0.4) is 0 Å². The molecule has 3 nitrogen and oxygen atoms in total. The molecule has 24 heavy (non-hydrogen) atoms. The molecule has 1 heterocycles. The minimum Gasteiger partial charge on any atom is -0.489 e. The predicted molar refractivity (Wildman–Crippen MR) is 92.3 cm³/mol. The van der Waals surface area contributed by atoms with E-state index < -0.39 is 0 Å². The molecule has 0 amide bonds. The van der Waals surface area contributed by atoms with Gasteiger partial charge in [0.25, 0.3) is 0 Å². The van der Waals surface area contributed by atoms with Gasteiger partial charge in [-0.2, -0.15) is 0 Å². The van der Waals surface area contributed by atoms with Crippen LogP contribution in [-0.4, -0.2) is 9.97 Å². The van der Waals surface area contributed by atoms with E-state index >= 15 is 0 Å². The Morgan fingerprint density at radius 2 is 1.75 bits per heavy atom. The number of benzene rings is 3. The molecule has 3 aromatic carbocycles. The summed E-state index contributed by atoms with van der Waals surface area (Å²) >= 11 is 0. The molecule has 0 spiro atoms. The maximum atomic E-state index is 13.8. The highest BCUT2D eigenvalue weighted by molar-refractivity contribution is 5.80. The number of imidazole rings is 1. The molecule has 118 valence electrons. The van der Waals surface area contributed by atoms with E-state index in [0.717, 1.165) is 16.9 Å². The van der Waals surface area contributed by atoms with Crippen LogP contribution in [0.2, 0.25) is 0 Å². The fraction of sp³-hybridized carbons (Fsp3) is 0.0500. The van der Waals surface area contributed by atoms with Crippen molar-refractivity contribution in [3.05, 3.63) is 84.2 Å². The molecular formula is C20H15FN2O. The van der Waals surface area contributed by atoms with Crippen LogP contribution < -0.4 is 4.74 Å². The molecule has 0 aliphatic carbocycles. The number of nitrogens with one attached hydrogen (secondary N) is 1. The first-order chi connectivity index (χ1) is 11.8. The lowest BCUT2D eigenvalue weighted by Gasteiger charge is -2.07. The predicted octanol–water partition coefficient (Wildman–Crippen LogP) is 4.95. The molecule has 0 atom stereocenters. The molecule has 0 unspecified atom stereocenters. The summed E-state index contributed by atoms with van der Waals surface area (Å²) in [7, 11) is 0. The van der Waals surface area contributed by atoms with E-state index in [1.807, 2.05) is 60.7 Å². The van der Waals surface area contributed by atoms with Gasteiger partial charge in [0.15, 0.2) is 5.82 Å². The van der Waals surface area contributed by atoms with Crippen LogP contribution in [0.25, 0.3) is 22.4 Å². The van der Waals surface area contributed by atoms with E-state index in [-0.39, 0.29) is 5.82 Å². The summed E-state index contributed by atoms with van der Waals surface area (Å²) in [5.41, 5.74) is 2.99. The zero-order valence-electron chi connectivity index (χ0n) is 12.9. The number of H-pyrrole nitrogens is 1. The van der Waals surface area contributed by atoms with Crippen molar-refractivity contribution in [1.82, 2.24) is 9.97 Å². The zero-order chi connectivity index (χ0) is 16.4. The molecule has 0 saturated carbocycles. The summed E-state index contributed by atoms with van der Waals surface area (Å²) in [5, 5.41) is 0. The largest absolute Gasteiger partial charge is 0.489 e. The Balaban J connectivity index is 1.60. The fourth-order valence-corrected chi connectivity index (χ4v) is 2.61. The number of para-hydroxylation sites is 1. The second-order valence-electron chi connectivity index (χ2n) is 5.52. The van der Waals surface area contributed by atoms with Crippen LogP contribution in [0.15, 0.2) is 72.8 Å². The van der Waals surface area contributed by atoms with E-state index in [4.69, 9.17) is 4.74 Å². The Kier molecular flexibility index (Phi) is 3.71. The summed E-state index contributed by atoms with van der Waals surface area (Å²) in [4.78, 5) is 7.50. The van der Waals surface area contributed by atoms with Gasteiger partial charge >= 0.3 is 0 Å². The van der Waals surface area contributed by atoms with Crippen molar-refractivity contribution in [1.29, 1.82) is 0 Å². The van der Waals surface area contributed by atoms with E-state index in [1.165, 1.54) is 6.07 Å². The lowest BCUT2D eigenvalue weighted by molar-refractivity contribution is 0.306. The number of ether oxygens (including phenoxy) is 1. The molecule has 1 N–H and O–H groups in total. The molecule has 4 aromatic rings. The van der Waals surface area contributed by atoms with Crippen molar-refractivity contribution in [3.63, 3.8) is 0 Å². The standard InChI is InChI=1S/C20H15FN2O/c21-17-10-5-11-18-19(17)23-20(22-18)15-8-4-9-16(12-15)24-13-14-6-2-1-3-7-14/h1-12H,13H2,(H,22,23). The van der Waals surface area contributed by atoms with Crippen molar-refractivity contribution < 1.29 is 9.13 Å². The van der Waals surface area contributed by atoms with E-state index in [0.29, 0.717) is 23.5 Å². The number of rotatable bonds is 4. The SMILES string of the molecule is Fc1cccc2[nH]c(-c3cccc(OCc4ccccc4)c3)nc12. The average molecular weight is 318 g/mol. The van der Waals surface area contributed by atoms with Crippen molar-refractivity contribution in [2.24, 2.45) is 0 Å². The van der Waals surface area contributed by atoms with Crippen molar-refractivity contribution in [2.45, 2.75) is 6.61 Å².